The first-order chi connectivity index (χ1) is 14.6. The van der Waals surface area contributed by atoms with Crippen LogP contribution >= 0.6 is 11.8 Å². The second-order valence-electron chi connectivity index (χ2n) is 6.42. The summed E-state index contributed by atoms with van der Waals surface area (Å²) in [7, 11) is 1.55. The number of ether oxygens (including phenoxy) is 3. The normalized spacial score (nSPS) is 17.2. The summed E-state index contributed by atoms with van der Waals surface area (Å²) < 4.78 is 16.7. The molecule has 30 heavy (non-hydrogen) atoms. The SMILES string of the molecule is COc1ccc2c(c1)OCN(CCOC(=C1SC(=O)NC1=O)c1ccccc1)C2=O. The van der Waals surface area contributed by atoms with E-state index in [2.05, 4.69) is 5.32 Å². The second-order valence-corrected chi connectivity index (χ2v) is 7.40. The Morgan fingerprint density at radius 3 is 2.67 bits per heavy atom. The monoisotopic (exact) mass is 426 g/mol. The van der Waals surface area contributed by atoms with E-state index in [1.54, 1.807) is 37.4 Å². The van der Waals surface area contributed by atoms with Crippen LogP contribution in [0.5, 0.6) is 11.5 Å². The lowest BCUT2D eigenvalue weighted by Crippen LogP contribution is -2.40. The maximum absolute atomic E-state index is 12.7. The minimum Gasteiger partial charge on any atom is -0.497 e. The van der Waals surface area contributed by atoms with Crippen molar-refractivity contribution in [3.05, 3.63) is 64.6 Å². The third kappa shape index (κ3) is 3.97. The molecule has 1 fully saturated rings. The van der Waals surface area contributed by atoms with Gasteiger partial charge in [0.15, 0.2) is 6.73 Å². The van der Waals surface area contributed by atoms with Crippen LogP contribution in [0.4, 0.5) is 4.79 Å². The van der Waals surface area contributed by atoms with Gasteiger partial charge in [-0.2, -0.15) is 0 Å². The fraction of sp³-hybridized carbons (Fsp3) is 0.190. The van der Waals surface area contributed by atoms with E-state index in [-0.39, 0.29) is 30.7 Å². The van der Waals surface area contributed by atoms with Gasteiger partial charge >= 0.3 is 0 Å². The fourth-order valence-corrected chi connectivity index (χ4v) is 3.80. The molecule has 1 N–H and O–H groups in total. The van der Waals surface area contributed by atoms with Crippen molar-refractivity contribution in [2.24, 2.45) is 0 Å². The van der Waals surface area contributed by atoms with Gasteiger partial charge in [0.2, 0.25) is 0 Å². The number of fused-ring (bicyclic) bond motifs is 1. The smallest absolute Gasteiger partial charge is 0.291 e. The number of benzene rings is 2. The summed E-state index contributed by atoms with van der Waals surface area (Å²) in [4.78, 5) is 38.2. The van der Waals surface area contributed by atoms with Crippen LogP contribution in [0.25, 0.3) is 5.76 Å². The average Bonchev–Trinajstić information content (AvgIpc) is 3.10. The van der Waals surface area contributed by atoms with Crippen molar-refractivity contribution >= 4 is 34.6 Å². The number of hydrogen-bond acceptors (Lipinski definition) is 7. The molecule has 0 unspecified atom stereocenters. The zero-order valence-electron chi connectivity index (χ0n) is 16.0. The highest BCUT2D eigenvalue weighted by Gasteiger charge is 2.31. The number of nitrogens with one attached hydrogen (secondary N) is 1. The molecule has 3 amide bonds. The van der Waals surface area contributed by atoms with E-state index in [4.69, 9.17) is 14.2 Å². The highest BCUT2D eigenvalue weighted by atomic mass is 32.2. The number of imide groups is 1. The molecule has 0 bridgehead atoms. The molecule has 154 valence electrons. The number of nitrogens with zero attached hydrogens (tertiary/aromatic N) is 1. The van der Waals surface area contributed by atoms with E-state index in [0.29, 0.717) is 28.4 Å². The molecule has 2 aliphatic rings. The minimum absolute atomic E-state index is 0.0767. The van der Waals surface area contributed by atoms with Gasteiger partial charge in [0.25, 0.3) is 17.1 Å². The van der Waals surface area contributed by atoms with Crippen molar-refractivity contribution in [2.75, 3.05) is 27.0 Å². The molecular formula is C21H18N2O6S. The van der Waals surface area contributed by atoms with Crippen molar-refractivity contribution in [3.8, 4) is 11.5 Å². The largest absolute Gasteiger partial charge is 0.497 e. The maximum atomic E-state index is 12.7. The Labute approximate surface area is 176 Å². The lowest BCUT2D eigenvalue weighted by Gasteiger charge is -2.29. The molecule has 0 radical (unpaired) electrons. The van der Waals surface area contributed by atoms with Crippen LogP contribution in [-0.4, -0.2) is 48.9 Å². The summed E-state index contributed by atoms with van der Waals surface area (Å²) in [6, 6.07) is 14.1. The standard InChI is InChI=1S/C21H18N2O6S/c1-27-14-7-8-15-16(11-14)29-12-23(20(15)25)9-10-28-17(13-5-3-2-4-6-13)18-19(24)22-21(26)30-18/h2-8,11H,9-10,12H2,1H3,(H,22,24,26). The lowest BCUT2D eigenvalue weighted by atomic mass is 10.1. The summed E-state index contributed by atoms with van der Waals surface area (Å²) in [6.07, 6.45) is 0. The molecule has 1 saturated heterocycles. The van der Waals surface area contributed by atoms with E-state index in [1.165, 1.54) is 4.90 Å². The fourth-order valence-electron chi connectivity index (χ4n) is 3.06. The summed E-state index contributed by atoms with van der Waals surface area (Å²) in [5.41, 5.74) is 1.11. The maximum Gasteiger partial charge on any atom is 0.291 e. The summed E-state index contributed by atoms with van der Waals surface area (Å²) in [6.45, 7) is 0.442. The highest BCUT2D eigenvalue weighted by molar-refractivity contribution is 8.18. The third-order valence-electron chi connectivity index (χ3n) is 4.55. The molecule has 2 aromatic rings. The van der Waals surface area contributed by atoms with Crippen molar-refractivity contribution in [3.63, 3.8) is 0 Å². The summed E-state index contributed by atoms with van der Waals surface area (Å²) in [5, 5.41) is 1.79. The summed E-state index contributed by atoms with van der Waals surface area (Å²) >= 11 is 0.795. The first-order valence-corrected chi connectivity index (χ1v) is 9.94. The molecule has 0 atom stereocenters. The molecular weight excluding hydrogens is 408 g/mol. The predicted octanol–water partition coefficient (Wildman–Crippen LogP) is 2.86. The van der Waals surface area contributed by atoms with Crippen LogP contribution in [0.1, 0.15) is 15.9 Å². The van der Waals surface area contributed by atoms with Gasteiger partial charge < -0.3 is 19.1 Å². The number of hydrogen-bond donors (Lipinski definition) is 1. The Kier molecular flexibility index (Phi) is 5.62. The molecule has 0 aliphatic carbocycles. The predicted molar refractivity (Wildman–Crippen MR) is 110 cm³/mol. The van der Waals surface area contributed by atoms with Gasteiger partial charge in [-0.1, -0.05) is 30.3 Å². The van der Waals surface area contributed by atoms with Crippen LogP contribution in [0.15, 0.2) is 53.4 Å². The number of rotatable bonds is 6. The van der Waals surface area contributed by atoms with E-state index in [0.717, 1.165) is 11.8 Å². The third-order valence-corrected chi connectivity index (χ3v) is 5.41. The van der Waals surface area contributed by atoms with E-state index < -0.39 is 11.1 Å². The van der Waals surface area contributed by atoms with Gasteiger partial charge in [-0.25, -0.2) is 0 Å². The molecule has 4 rings (SSSR count). The van der Waals surface area contributed by atoms with E-state index in [1.807, 2.05) is 18.2 Å². The Morgan fingerprint density at radius 1 is 1.17 bits per heavy atom. The first kappa shape index (κ1) is 19.8. The zero-order valence-corrected chi connectivity index (χ0v) is 16.9. The van der Waals surface area contributed by atoms with Crippen LogP contribution in [-0.2, 0) is 9.53 Å². The molecule has 8 nitrogen and oxygen atoms in total. The zero-order chi connectivity index (χ0) is 21.1. The number of amides is 3. The molecule has 2 heterocycles. The molecule has 9 heteroatoms. The highest BCUT2D eigenvalue weighted by Crippen LogP contribution is 2.33. The van der Waals surface area contributed by atoms with Crippen molar-refractivity contribution in [1.82, 2.24) is 10.2 Å². The average molecular weight is 426 g/mol. The Balaban J connectivity index is 1.48. The van der Waals surface area contributed by atoms with Gasteiger partial charge in [-0.3, -0.25) is 19.7 Å². The van der Waals surface area contributed by atoms with Gasteiger partial charge in [-0.15, -0.1) is 0 Å². The van der Waals surface area contributed by atoms with Gasteiger partial charge in [-0.05, 0) is 23.9 Å². The van der Waals surface area contributed by atoms with Gasteiger partial charge in [0, 0.05) is 11.6 Å². The van der Waals surface area contributed by atoms with Crippen LogP contribution in [0.2, 0.25) is 0 Å². The number of carbonyl (C=O) groups excluding carboxylic acids is 3. The van der Waals surface area contributed by atoms with E-state index in [9.17, 15) is 14.4 Å². The lowest BCUT2D eigenvalue weighted by molar-refractivity contribution is -0.115. The molecule has 0 aromatic heterocycles. The van der Waals surface area contributed by atoms with Crippen molar-refractivity contribution in [1.29, 1.82) is 0 Å². The Bertz CT molecular complexity index is 1040. The van der Waals surface area contributed by atoms with Crippen molar-refractivity contribution in [2.45, 2.75) is 0 Å². The number of thioether (sulfide) groups is 1. The van der Waals surface area contributed by atoms with Crippen molar-refractivity contribution < 1.29 is 28.6 Å². The quantitative estimate of drug-likeness (QED) is 0.561. The second kappa shape index (κ2) is 8.50. The van der Waals surface area contributed by atoms with Crippen LogP contribution in [0.3, 0.4) is 0 Å². The summed E-state index contributed by atoms with van der Waals surface area (Å²) in [5.74, 6) is 0.712. The van der Waals surface area contributed by atoms with Gasteiger partial charge in [0.05, 0.1) is 19.2 Å². The van der Waals surface area contributed by atoms with E-state index >= 15 is 0 Å². The molecule has 2 aliphatic heterocycles. The van der Waals surface area contributed by atoms with Crippen LogP contribution < -0.4 is 14.8 Å². The van der Waals surface area contributed by atoms with Crippen LogP contribution in [0, 0.1) is 0 Å². The Morgan fingerprint density at radius 2 is 1.97 bits per heavy atom. The molecule has 0 spiro atoms. The number of carbonyl (C=O) groups is 3. The Hall–Kier alpha value is -3.46. The topological polar surface area (TPSA) is 94.2 Å². The molecule has 0 saturated carbocycles. The minimum atomic E-state index is -0.496. The first-order valence-electron chi connectivity index (χ1n) is 9.12. The molecule has 2 aromatic carbocycles. The van der Waals surface area contributed by atoms with Gasteiger partial charge in [0.1, 0.15) is 28.8 Å². The number of methoxy groups -OCH3 is 1.